The van der Waals surface area contributed by atoms with Crippen molar-refractivity contribution in [2.45, 2.75) is 6.54 Å². The monoisotopic (exact) mass is 453 g/mol. The minimum Gasteiger partial charge on any atom is -0.507 e. The van der Waals surface area contributed by atoms with Crippen LogP contribution in [-0.2, 0) is 6.54 Å². The molecule has 33 heavy (non-hydrogen) atoms. The SMILES string of the molecule is CN(CCO)CCn1nc2c3c(c(N(C)CCNCCO)ccc31)C(=O)c1c(O)cccc1-2. The Morgan fingerprint density at radius 1 is 1.00 bits per heavy atom. The zero-order valence-electron chi connectivity index (χ0n) is 19.1. The zero-order valence-corrected chi connectivity index (χ0v) is 19.1. The largest absolute Gasteiger partial charge is 0.507 e. The average molecular weight is 454 g/mol. The quantitative estimate of drug-likeness (QED) is 0.248. The summed E-state index contributed by atoms with van der Waals surface area (Å²) in [6.07, 6.45) is 0. The molecule has 0 aliphatic heterocycles. The van der Waals surface area contributed by atoms with Gasteiger partial charge in [0.1, 0.15) is 11.4 Å². The van der Waals surface area contributed by atoms with Crippen molar-refractivity contribution in [1.29, 1.82) is 0 Å². The molecule has 0 spiro atoms. The van der Waals surface area contributed by atoms with Crippen LogP contribution in [0, 0.1) is 0 Å². The molecular weight excluding hydrogens is 422 g/mol. The van der Waals surface area contributed by atoms with E-state index in [2.05, 4.69) is 5.32 Å². The Hall–Kier alpha value is -2.98. The van der Waals surface area contributed by atoms with E-state index >= 15 is 0 Å². The number of aromatic nitrogens is 2. The van der Waals surface area contributed by atoms with Crippen molar-refractivity contribution in [2.24, 2.45) is 0 Å². The molecule has 176 valence electrons. The Balaban J connectivity index is 1.80. The maximum absolute atomic E-state index is 13.7. The van der Waals surface area contributed by atoms with Crippen LogP contribution in [-0.4, -0.2) is 95.8 Å². The number of aliphatic hydroxyl groups is 2. The summed E-state index contributed by atoms with van der Waals surface area (Å²) in [6, 6.07) is 9.02. The number of aliphatic hydroxyl groups excluding tert-OH is 2. The molecule has 0 atom stereocenters. The fourth-order valence-electron chi connectivity index (χ4n) is 4.39. The molecule has 0 amide bonds. The third-order valence-electron chi connectivity index (χ3n) is 6.15. The van der Waals surface area contributed by atoms with Crippen molar-refractivity contribution in [1.82, 2.24) is 20.0 Å². The first kappa shape index (κ1) is 23.2. The van der Waals surface area contributed by atoms with Crippen LogP contribution in [0.2, 0.25) is 0 Å². The molecule has 4 N–H and O–H groups in total. The summed E-state index contributed by atoms with van der Waals surface area (Å²) in [7, 11) is 3.88. The summed E-state index contributed by atoms with van der Waals surface area (Å²) >= 11 is 0. The average Bonchev–Trinajstić information content (AvgIpc) is 3.18. The minimum absolute atomic E-state index is 0.0457. The van der Waals surface area contributed by atoms with E-state index in [0.717, 1.165) is 16.6 Å². The van der Waals surface area contributed by atoms with E-state index in [0.29, 0.717) is 56.1 Å². The van der Waals surface area contributed by atoms with Gasteiger partial charge in [-0.05, 0) is 25.2 Å². The summed E-state index contributed by atoms with van der Waals surface area (Å²) in [5.74, 6) is -0.251. The number of ketones is 1. The Kier molecular flexibility index (Phi) is 6.94. The number of fused-ring (bicyclic) bond motifs is 2. The lowest BCUT2D eigenvalue weighted by atomic mass is 9.85. The first-order valence-corrected chi connectivity index (χ1v) is 11.2. The van der Waals surface area contributed by atoms with Crippen LogP contribution in [0.5, 0.6) is 5.75 Å². The van der Waals surface area contributed by atoms with Crippen LogP contribution in [0.15, 0.2) is 30.3 Å². The van der Waals surface area contributed by atoms with E-state index in [1.165, 1.54) is 6.07 Å². The normalized spacial score (nSPS) is 12.6. The van der Waals surface area contributed by atoms with Crippen molar-refractivity contribution >= 4 is 22.4 Å². The number of phenols is 1. The topological polar surface area (TPSA) is 114 Å². The smallest absolute Gasteiger partial charge is 0.200 e. The number of rotatable bonds is 11. The molecule has 2 aromatic carbocycles. The highest BCUT2D eigenvalue weighted by molar-refractivity contribution is 6.28. The molecule has 0 bridgehead atoms. The molecule has 0 saturated carbocycles. The predicted molar refractivity (Wildman–Crippen MR) is 128 cm³/mol. The van der Waals surface area contributed by atoms with Crippen LogP contribution in [0.1, 0.15) is 15.9 Å². The molecule has 0 saturated heterocycles. The molecule has 1 aliphatic rings. The number of anilines is 1. The maximum atomic E-state index is 13.7. The van der Waals surface area contributed by atoms with Crippen molar-refractivity contribution in [3.63, 3.8) is 0 Å². The van der Waals surface area contributed by atoms with Gasteiger partial charge in [0.25, 0.3) is 0 Å². The molecule has 1 aromatic heterocycles. The number of benzene rings is 2. The van der Waals surface area contributed by atoms with Crippen LogP contribution in [0.4, 0.5) is 5.69 Å². The first-order valence-electron chi connectivity index (χ1n) is 11.2. The zero-order chi connectivity index (χ0) is 23.5. The van der Waals surface area contributed by atoms with Gasteiger partial charge in [-0.25, -0.2) is 0 Å². The predicted octanol–water partition coefficient (Wildman–Crippen LogP) is 0.896. The molecule has 0 unspecified atom stereocenters. The standard InChI is InChI=1S/C24H31N5O4/c1-27(13-15-31)11-12-29-18-7-6-17(28(2)10-8-25-9-14-30)22-21(18)23(26-29)16-4-3-5-19(32)20(16)24(22)33/h3-7,25,30-32H,8-15H2,1-2H3. The third-order valence-corrected chi connectivity index (χ3v) is 6.15. The fraction of sp³-hybridized carbons (Fsp3) is 0.417. The second-order valence-electron chi connectivity index (χ2n) is 8.38. The van der Waals surface area contributed by atoms with Gasteiger partial charge in [0.15, 0.2) is 5.78 Å². The van der Waals surface area contributed by atoms with Crippen LogP contribution in [0.25, 0.3) is 22.2 Å². The summed E-state index contributed by atoms with van der Waals surface area (Å²) in [5, 5.41) is 37.5. The highest BCUT2D eigenvalue weighted by Gasteiger charge is 2.33. The van der Waals surface area contributed by atoms with E-state index in [1.54, 1.807) is 6.07 Å². The van der Waals surface area contributed by atoms with E-state index in [-0.39, 0.29) is 30.3 Å². The number of phenolic OH excluding ortho intramolecular Hbond substituents is 1. The molecule has 0 fully saturated rings. The second kappa shape index (κ2) is 9.88. The summed E-state index contributed by atoms with van der Waals surface area (Å²) in [6.45, 7) is 3.87. The lowest BCUT2D eigenvalue weighted by Crippen LogP contribution is -2.31. The Bertz CT molecular complexity index is 1160. The number of hydrogen-bond acceptors (Lipinski definition) is 8. The van der Waals surface area contributed by atoms with Crippen molar-refractivity contribution < 1.29 is 20.1 Å². The second-order valence-corrected chi connectivity index (χ2v) is 8.38. The van der Waals surface area contributed by atoms with Crippen LogP contribution < -0.4 is 10.2 Å². The van der Waals surface area contributed by atoms with Gasteiger partial charge in [-0.3, -0.25) is 9.48 Å². The van der Waals surface area contributed by atoms with E-state index < -0.39 is 0 Å². The van der Waals surface area contributed by atoms with Crippen molar-refractivity contribution in [3.8, 4) is 17.0 Å². The molecule has 0 radical (unpaired) electrons. The van der Waals surface area contributed by atoms with Crippen molar-refractivity contribution in [3.05, 3.63) is 41.5 Å². The molecule has 3 aromatic rings. The number of nitrogens with one attached hydrogen (secondary N) is 1. The van der Waals surface area contributed by atoms with Crippen molar-refractivity contribution in [2.75, 3.05) is 64.9 Å². The maximum Gasteiger partial charge on any atom is 0.200 e. The Labute approximate surface area is 192 Å². The Morgan fingerprint density at radius 2 is 1.82 bits per heavy atom. The number of hydrogen-bond donors (Lipinski definition) is 4. The third kappa shape index (κ3) is 4.32. The number of carbonyl (C=O) groups excluding carboxylic acids is 1. The lowest BCUT2D eigenvalue weighted by molar-refractivity contribution is 0.103. The molecule has 1 aliphatic carbocycles. The van der Waals surface area contributed by atoms with Gasteiger partial charge in [0.2, 0.25) is 0 Å². The Morgan fingerprint density at radius 3 is 2.58 bits per heavy atom. The van der Waals surface area contributed by atoms with E-state index in [4.69, 9.17) is 10.2 Å². The van der Waals surface area contributed by atoms with Gasteiger partial charge in [0, 0.05) is 56.4 Å². The lowest BCUT2D eigenvalue weighted by Gasteiger charge is -2.25. The van der Waals surface area contributed by atoms with Gasteiger partial charge in [-0.1, -0.05) is 12.1 Å². The van der Waals surface area contributed by atoms with E-state index in [1.807, 2.05) is 46.8 Å². The summed E-state index contributed by atoms with van der Waals surface area (Å²) in [5.41, 5.74) is 3.83. The summed E-state index contributed by atoms with van der Waals surface area (Å²) in [4.78, 5) is 17.7. The summed E-state index contributed by atoms with van der Waals surface area (Å²) < 4.78 is 1.90. The molecular formula is C24H31N5O4. The molecule has 4 rings (SSSR count). The molecule has 9 heteroatoms. The van der Waals surface area contributed by atoms with Gasteiger partial charge in [0.05, 0.1) is 36.4 Å². The number of nitrogens with zero attached hydrogens (tertiary/aromatic N) is 4. The number of carbonyl (C=O) groups is 1. The van der Waals surface area contributed by atoms with Gasteiger partial charge >= 0.3 is 0 Å². The molecule has 1 heterocycles. The highest BCUT2D eigenvalue weighted by Crippen LogP contribution is 2.44. The fourth-order valence-corrected chi connectivity index (χ4v) is 4.39. The minimum atomic E-state index is -0.205. The molecule has 9 nitrogen and oxygen atoms in total. The van der Waals surface area contributed by atoms with Gasteiger partial charge < -0.3 is 30.4 Å². The first-order chi connectivity index (χ1) is 16.0. The van der Waals surface area contributed by atoms with E-state index in [9.17, 15) is 15.0 Å². The number of aromatic hydroxyl groups is 1. The van der Waals surface area contributed by atoms with Crippen LogP contribution in [0.3, 0.4) is 0 Å². The van der Waals surface area contributed by atoms with Gasteiger partial charge in [-0.15, -0.1) is 0 Å². The van der Waals surface area contributed by atoms with Gasteiger partial charge in [-0.2, -0.15) is 5.10 Å². The van der Waals surface area contributed by atoms with Crippen LogP contribution >= 0.6 is 0 Å². The number of likely N-dealkylation sites (N-methyl/N-ethyl adjacent to an activating group) is 2. The highest BCUT2D eigenvalue weighted by atomic mass is 16.3.